The molecular weight excluding hydrogens is 218 g/mol. The predicted octanol–water partition coefficient (Wildman–Crippen LogP) is 1.39. The predicted molar refractivity (Wildman–Crippen MR) is 69.8 cm³/mol. The fourth-order valence-electron chi connectivity index (χ4n) is 2.04. The molecule has 1 aliphatic heterocycles. The highest BCUT2D eigenvalue weighted by molar-refractivity contribution is 7.10. The van der Waals surface area contributed by atoms with Crippen molar-refractivity contribution in [1.29, 1.82) is 0 Å². The number of likely N-dealkylation sites (N-methyl/N-ethyl adjacent to an activating group) is 1. The van der Waals surface area contributed by atoms with E-state index >= 15 is 0 Å². The summed E-state index contributed by atoms with van der Waals surface area (Å²) in [5.74, 6) is 0. The molecular formula is C12H21N3S. The summed E-state index contributed by atoms with van der Waals surface area (Å²) in [6.45, 7) is 5.89. The zero-order valence-electron chi connectivity index (χ0n) is 9.93. The van der Waals surface area contributed by atoms with E-state index in [0.717, 1.165) is 13.0 Å². The van der Waals surface area contributed by atoms with Crippen molar-refractivity contribution in [3.05, 3.63) is 22.4 Å². The van der Waals surface area contributed by atoms with Crippen LogP contribution in [-0.2, 0) is 0 Å². The first-order valence-corrected chi connectivity index (χ1v) is 6.83. The molecule has 0 amide bonds. The van der Waals surface area contributed by atoms with Crippen LogP contribution in [0, 0.1) is 0 Å². The Bertz CT molecular complexity index is 291. The van der Waals surface area contributed by atoms with Gasteiger partial charge in [0, 0.05) is 43.6 Å². The van der Waals surface area contributed by atoms with Gasteiger partial charge in [0.2, 0.25) is 0 Å². The zero-order chi connectivity index (χ0) is 11.4. The van der Waals surface area contributed by atoms with E-state index in [1.54, 1.807) is 11.3 Å². The fraction of sp³-hybridized carbons (Fsp3) is 0.667. The Balaban J connectivity index is 1.71. The first kappa shape index (κ1) is 12.0. The van der Waals surface area contributed by atoms with Gasteiger partial charge >= 0.3 is 0 Å². The quantitative estimate of drug-likeness (QED) is 0.862. The van der Waals surface area contributed by atoms with Crippen LogP contribution >= 0.6 is 11.3 Å². The van der Waals surface area contributed by atoms with Gasteiger partial charge in [0.25, 0.3) is 0 Å². The molecule has 1 unspecified atom stereocenters. The maximum absolute atomic E-state index is 6.16. The Morgan fingerprint density at radius 2 is 2.12 bits per heavy atom. The van der Waals surface area contributed by atoms with Crippen LogP contribution in [-0.4, -0.2) is 49.6 Å². The van der Waals surface area contributed by atoms with Crippen LogP contribution in [0.3, 0.4) is 0 Å². The van der Waals surface area contributed by atoms with Crippen LogP contribution in [0.4, 0.5) is 0 Å². The number of hydrogen-bond acceptors (Lipinski definition) is 4. The van der Waals surface area contributed by atoms with Gasteiger partial charge in [-0.3, -0.25) is 0 Å². The van der Waals surface area contributed by atoms with Gasteiger partial charge in [-0.25, -0.2) is 0 Å². The van der Waals surface area contributed by atoms with Crippen molar-refractivity contribution in [2.24, 2.45) is 5.73 Å². The monoisotopic (exact) mass is 239 g/mol. The van der Waals surface area contributed by atoms with Gasteiger partial charge in [-0.2, -0.15) is 0 Å². The summed E-state index contributed by atoms with van der Waals surface area (Å²) < 4.78 is 0. The van der Waals surface area contributed by atoms with E-state index in [4.69, 9.17) is 5.73 Å². The molecule has 0 aromatic carbocycles. The molecule has 90 valence electrons. The van der Waals surface area contributed by atoms with Crippen molar-refractivity contribution in [1.82, 2.24) is 9.80 Å². The standard InChI is InChI=1S/C12H21N3S/c1-14-6-8-15(9-7-14)5-4-11(13)12-3-2-10-16-12/h2-3,10-11H,4-9,13H2,1H3. The lowest BCUT2D eigenvalue weighted by molar-refractivity contribution is 0.150. The Hall–Kier alpha value is -0.420. The number of piperazine rings is 1. The second kappa shape index (κ2) is 5.77. The van der Waals surface area contributed by atoms with Gasteiger partial charge in [-0.1, -0.05) is 6.07 Å². The van der Waals surface area contributed by atoms with Crippen LogP contribution in [0.15, 0.2) is 17.5 Å². The van der Waals surface area contributed by atoms with Crippen molar-refractivity contribution in [3.8, 4) is 0 Å². The minimum Gasteiger partial charge on any atom is -0.323 e. The number of hydrogen-bond donors (Lipinski definition) is 1. The van der Waals surface area contributed by atoms with Crippen molar-refractivity contribution in [3.63, 3.8) is 0 Å². The molecule has 1 aromatic rings. The van der Waals surface area contributed by atoms with E-state index in [1.807, 2.05) is 0 Å². The molecule has 1 aromatic heterocycles. The molecule has 0 aliphatic carbocycles. The highest BCUT2D eigenvalue weighted by Crippen LogP contribution is 2.19. The minimum absolute atomic E-state index is 0.222. The first-order valence-electron chi connectivity index (χ1n) is 5.95. The highest BCUT2D eigenvalue weighted by atomic mass is 32.1. The second-order valence-electron chi connectivity index (χ2n) is 4.56. The van der Waals surface area contributed by atoms with Crippen LogP contribution in [0.2, 0.25) is 0 Å². The smallest absolute Gasteiger partial charge is 0.0401 e. The number of rotatable bonds is 4. The van der Waals surface area contributed by atoms with E-state index in [1.165, 1.54) is 31.1 Å². The molecule has 3 nitrogen and oxygen atoms in total. The molecule has 2 rings (SSSR count). The molecule has 1 fully saturated rings. The topological polar surface area (TPSA) is 32.5 Å². The number of nitrogens with two attached hydrogens (primary N) is 1. The van der Waals surface area contributed by atoms with E-state index in [0.29, 0.717) is 0 Å². The SMILES string of the molecule is CN1CCN(CCC(N)c2cccs2)CC1. The lowest BCUT2D eigenvalue weighted by Crippen LogP contribution is -2.45. The van der Waals surface area contributed by atoms with Crippen LogP contribution in [0.25, 0.3) is 0 Å². The van der Waals surface area contributed by atoms with Gasteiger partial charge < -0.3 is 15.5 Å². The molecule has 1 aliphatic rings. The summed E-state index contributed by atoms with van der Waals surface area (Å²) >= 11 is 1.77. The average molecular weight is 239 g/mol. The molecule has 0 radical (unpaired) electrons. The minimum atomic E-state index is 0.222. The molecule has 1 atom stereocenters. The van der Waals surface area contributed by atoms with Crippen LogP contribution in [0.5, 0.6) is 0 Å². The van der Waals surface area contributed by atoms with Gasteiger partial charge in [0.05, 0.1) is 0 Å². The van der Waals surface area contributed by atoms with Crippen molar-refractivity contribution in [2.45, 2.75) is 12.5 Å². The van der Waals surface area contributed by atoms with Gasteiger partial charge in [-0.15, -0.1) is 11.3 Å². The molecule has 1 saturated heterocycles. The summed E-state index contributed by atoms with van der Waals surface area (Å²) in [4.78, 5) is 6.22. The molecule has 2 heterocycles. The van der Waals surface area contributed by atoms with Gasteiger partial charge in [0.1, 0.15) is 0 Å². The lowest BCUT2D eigenvalue weighted by atomic mass is 10.1. The van der Waals surface area contributed by atoms with E-state index in [2.05, 4.69) is 34.4 Å². The second-order valence-corrected chi connectivity index (χ2v) is 5.53. The van der Waals surface area contributed by atoms with Crippen LogP contribution < -0.4 is 5.73 Å². The summed E-state index contributed by atoms with van der Waals surface area (Å²) in [5.41, 5.74) is 6.16. The molecule has 0 saturated carbocycles. The average Bonchev–Trinajstić information content (AvgIpc) is 2.81. The fourth-order valence-corrected chi connectivity index (χ4v) is 2.80. The third kappa shape index (κ3) is 3.28. The third-order valence-electron chi connectivity index (χ3n) is 3.26. The number of thiophene rings is 1. The van der Waals surface area contributed by atoms with E-state index < -0.39 is 0 Å². The van der Waals surface area contributed by atoms with E-state index in [9.17, 15) is 0 Å². The molecule has 16 heavy (non-hydrogen) atoms. The Morgan fingerprint density at radius 3 is 2.75 bits per heavy atom. The highest BCUT2D eigenvalue weighted by Gasteiger charge is 2.15. The molecule has 0 bridgehead atoms. The largest absolute Gasteiger partial charge is 0.323 e. The summed E-state index contributed by atoms with van der Waals surface area (Å²) in [6.07, 6.45) is 1.07. The maximum atomic E-state index is 6.16. The zero-order valence-corrected chi connectivity index (χ0v) is 10.7. The summed E-state index contributed by atoms with van der Waals surface area (Å²) in [6, 6.07) is 4.44. The van der Waals surface area contributed by atoms with Crippen molar-refractivity contribution in [2.75, 3.05) is 39.8 Å². The normalized spacial score (nSPS) is 21.1. The molecule has 4 heteroatoms. The molecule has 2 N–H and O–H groups in total. The maximum Gasteiger partial charge on any atom is 0.0401 e. The lowest BCUT2D eigenvalue weighted by Gasteiger charge is -2.32. The van der Waals surface area contributed by atoms with Gasteiger partial charge in [0.15, 0.2) is 0 Å². The third-order valence-corrected chi connectivity index (χ3v) is 4.27. The van der Waals surface area contributed by atoms with Crippen molar-refractivity contribution < 1.29 is 0 Å². The Morgan fingerprint density at radius 1 is 1.38 bits per heavy atom. The number of nitrogens with zero attached hydrogens (tertiary/aromatic N) is 2. The summed E-state index contributed by atoms with van der Waals surface area (Å²) in [5, 5.41) is 2.10. The van der Waals surface area contributed by atoms with Crippen molar-refractivity contribution >= 4 is 11.3 Å². The molecule has 0 spiro atoms. The summed E-state index contributed by atoms with van der Waals surface area (Å²) in [7, 11) is 2.19. The Labute approximate surface area is 102 Å². The van der Waals surface area contributed by atoms with Crippen LogP contribution in [0.1, 0.15) is 17.3 Å². The van der Waals surface area contributed by atoms with Gasteiger partial charge in [-0.05, 0) is 24.9 Å². The van der Waals surface area contributed by atoms with E-state index in [-0.39, 0.29) is 6.04 Å². The first-order chi connectivity index (χ1) is 7.75. The Kier molecular flexibility index (Phi) is 4.35.